The van der Waals surface area contributed by atoms with Crippen LogP contribution in [0.5, 0.6) is 0 Å². The Morgan fingerprint density at radius 1 is 0.710 bits per heavy atom. The van der Waals surface area contributed by atoms with Crippen molar-refractivity contribution in [3.05, 3.63) is 142 Å². The Bertz CT molecular complexity index is 1270. The van der Waals surface area contributed by atoms with E-state index < -0.39 is 5.54 Å². The van der Waals surface area contributed by atoms with Gasteiger partial charge in [-0.15, -0.1) is 0 Å². The number of benzene rings is 4. The van der Waals surface area contributed by atoms with Gasteiger partial charge in [-0.3, -0.25) is 4.79 Å². The summed E-state index contributed by atoms with van der Waals surface area (Å²) in [5.74, 6) is 0. The van der Waals surface area contributed by atoms with Gasteiger partial charge in [0.2, 0.25) is 0 Å². The van der Waals surface area contributed by atoms with Crippen molar-refractivity contribution in [2.24, 2.45) is 0 Å². The van der Waals surface area contributed by atoms with E-state index in [1.165, 1.54) is 4.74 Å². The molecular formula is C27H21NO3. The molecule has 1 N–H and O–H groups in total. The van der Waals surface area contributed by atoms with Gasteiger partial charge in [-0.2, -0.15) is 4.74 Å². The lowest BCUT2D eigenvalue weighted by Gasteiger charge is -2.34. The summed E-state index contributed by atoms with van der Waals surface area (Å²) in [5, 5.41) is 10.0. The predicted octanol–water partition coefficient (Wildman–Crippen LogP) is 4.93. The molecule has 31 heavy (non-hydrogen) atoms. The maximum Gasteiger partial charge on any atom is 0.291 e. The van der Waals surface area contributed by atoms with Crippen LogP contribution < -0.4 is 5.56 Å². The van der Waals surface area contributed by atoms with Gasteiger partial charge in [-0.05, 0) is 34.4 Å². The first-order valence-electron chi connectivity index (χ1n) is 10.2. The summed E-state index contributed by atoms with van der Waals surface area (Å²) in [7, 11) is 0. The summed E-state index contributed by atoms with van der Waals surface area (Å²) in [4.78, 5) is 13.7. The molecule has 1 heterocycles. The summed E-state index contributed by atoms with van der Waals surface area (Å²) >= 11 is 0. The highest BCUT2D eigenvalue weighted by Crippen LogP contribution is 2.40. The lowest BCUT2D eigenvalue weighted by Crippen LogP contribution is -2.42. The first-order valence-corrected chi connectivity index (χ1v) is 10.2. The molecular weight excluding hydrogens is 386 g/mol. The lowest BCUT2D eigenvalue weighted by molar-refractivity contribution is 0.220. The predicted molar refractivity (Wildman–Crippen MR) is 121 cm³/mol. The van der Waals surface area contributed by atoms with E-state index in [1.54, 1.807) is 18.2 Å². The van der Waals surface area contributed by atoms with Crippen molar-refractivity contribution in [3.8, 4) is 0 Å². The standard InChI is InChI=1S/C27H21NO3/c29-19-20-16-17-24-25(18-20)31-28(26(24)30)27(21-10-4-1-5-11-21,22-12-6-2-7-13-22)23-14-8-3-9-15-23/h1-18,29H,19H2. The molecule has 0 atom stereocenters. The van der Waals surface area contributed by atoms with Crippen LogP contribution in [0.1, 0.15) is 22.3 Å². The first-order chi connectivity index (χ1) is 15.2. The molecule has 0 fully saturated rings. The minimum Gasteiger partial charge on any atom is -0.392 e. The van der Waals surface area contributed by atoms with Gasteiger partial charge >= 0.3 is 0 Å². The van der Waals surface area contributed by atoms with E-state index in [9.17, 15) is 9.90 Å². The molecule has 0 bridgehead atoms. The fourth-order valence-electron chi connectivity index (χ4n) is 4.28. The number of aromatic nitrogens is 1. The van der Waals surface area contributed by atoms with Crippen LogP contribution in [0.15, 0.2) is 119 Å². The fraction of sp³-hybridized carbons (Fsp3) is 0.0741. The summed E-state index contributed by atoms with van der Waals surface area (Å²) < 4.78 is 7.73. The minimum absolute atomic E-state index is 0.119. The van der Waals surface area contributed by atoms with Crippen molar-refractivity contribution in [1.29, 1.82) is 0 Å². The van der Waals surface area contributed by atoms with E-state index in [-0.39, 0.29) is 12.2 Å². The molecule has 0 aliphatic rings. The SMILES string of the molecule is O=c1c2ccc(CO)cc2on1C(c1ccccc1)(c1ccccc1)c1ccccc1. The van der Waals surface area contributed by atoms with E-state index in [0.29, 0.717) is 16.5 Å². The van der Waals surface area contributed by atoms with E-state index in [0.717, 1.165) is 16.7 Å². The zero-order valence-corrected chi connectivity index (χ0v) is 16.8. The normalized spacial score (nSPS) is 11.6. The molecule has 0 unspecified atom stereocenters. The van der Waals surface area contributed by atoms with Crippen LogP contribution in [0.3, 0.4) is 0 Å². The number of aliphatic hydroxyl groups excluding tert-OH is 1. The molecule has 4 nitrogen and oxygen atoms in total. The Labute approximate surface area is 179 Å². The maximum absolute atomic E-state index is 13.7. The van der Waals surface area contributed by atoms with Gasteiger partial charge in [-0.25, -0.2) is 0 Å². The van der Waals surface area contributed by atoms with Crippen molar-refractivity contribution in [2.75, 3.05) is 0 Å². The molecule has 5 aromatic rings. The second-order valence-corrected chi connectivity index (χ2v) is 7.49. The highest BCUT2D eigenvalue weighted by molar-refractivity contribution is 5.77. The molecule has 0 amide bonds. The Kier molecular flexibility index (Phi) is 4.77. The largest absolute Gasteiger partial charge is 0.392 e. The van der Waals surface area contributed by atoms with E-state index in [4.69, 9.17) is 4.52 Å². The van der Waals surface area contributed by atoms with Gasteiger partial charge in [0, 0.05) is 0 Å². The summed E-state index contributed by atoms with van der Waals surface area (Å²) in [6.07, 6.45) is 0. The van der Waals surface area contributed by atoms with Gasteiger partial charge in [0.05, 0.1) is 12.0 Å². The first kappa shape index (κ1) is 19.1. The molecule has 4 heteroatoms. The second kappa shape index (κ2) is 7.74. The van der Waals surface area contributed by atoms with Crippen LogP contribution in [0.2, 0.25) is 0 Å². The van der Waals surface area contributed by atoms with Gasteiger partial charge in [0.15, 0.2) is 11.1 Å². The molecule has 0 aliphatic heterocycles. The van der Waals surface area contributed by atoms with Gasteiger partial charge in [0.25, 0.3) is 5.56 Å². The third-order valence-electron chi connectivity index (χ3n) is 5.71. The number of nitrogens with zero attached hydrogens (tertiary/aromatic N) is 1. The minimum atomic E-state index is -1.00. The fourth-order valence-corrected chi connectivity index (χ4v) is 4.28. The highest BCUT2D eigenvalue weighted by atomic mass is 16.5. The summed E-state index contributed by atoms with van der Waals surface area (Å²) in [5.41, 5.74) is 2.65. The van der Waals surface area contributed by atoms with Crippen molar-refractivity contribution in [2.45, 2.75) is 12.1 Å². The van der Waals surface area contributed by atoms with Crippen LogP contribution >= 0.6 is 0 Å². The molecule has 1 aromatic heterocycles. The van der Waals surface area contributed by atoms with Crippen LogP contribution in [0.4, 0.5) is 0 Å². The average molecular weight is 407 g/mol. The topological polar surface area (TPSA) is 55.4 Å². The van der Waals surface area contributed by atoms with E-state index in [1.807, 2.05) is 91.0 Å². The maximum atomic E-state index is 13.7. The van der Waals surface area contributed by atoms with Crippen LogP contribution in [-0.4, -0.2) is 9.85 Å². The molecule has 0 saturated carbocycles. The van der Waals surface area contributed by atoms with Gasteiger partial charge in [-0.1, -0.05) is 97.1 Å². The van der Waals surface area contributed by atoms with Crippen molar-refractivity contribution in [1.82, 2.24) is 4.74 Å². The van der Waals surface area contributed by atoms with Crippen LogP contribution in [0, 0.1) is 0 Å². The number of rotatable bonds is 5. The lowest BCUT2D eigenvalue weighted by atomic mass is 9.77. The second-order valence-electron chi connectivity index (χ2n) is 7.49. The van der Waals surface area contributed by atoms with E-state index >= 15 is 0 Å². The quantitative estimate of drug-likeness (QED) is 0.421. The number of fused-ring (bicyclic) bond motifs is 1. The third-order valence-corrected chi connectivity index (χ3v) is 5.71. The van der Waals surface area contributed by atoms with E-state index in [2.05, 4.69) is 0 Å². The number of hydrogen-bond acceptors (Lipinski definition) is 3. The highest BCUT2D eigenvalue weighted by Gasteiger charge is 2.42. The molecule has 5 rings (SSSR count). The zero-order valence-electron chi connectivity index (χ0n) is 16.8. The number of hydrogen-bond donors (Lipinski definition) is 1. The van der Waals surface area contributed by atoms with Crippen LogP contribution in [-0.2, 0) is 12.1 Å². The molecule has 0 aliphatic carbocycles. The summed E-state index contributed by atoms with van der Waals surface area (Å²) in [6.45, 7) is -0.119. The molecule has 4 aromatic carbocycles. The molecule has 0 saturated heterocycles. The Balaban J connectivity index is 1.95. The Hall–Kier alpha value is -3.89. The van der Waals surface area contributed by atoms with Crippen molar-refractivity contribution >= 4 is 11.0 Å². The smallest absolute Gasteiger partial charge is 0.291 e. The molecule has 152 valence electrons. The third kappa shape index (κ3) is 3.00. The average Bonchev–Trinajstić information content (AvgIpc) is 3.17. The van der Waals surface area contributed by atoms with Gasteiger partial charge in [0.1, 0.15) is 0 Å². The molecule has 0 spiro atoms. The zero-order chi connectivity index (χ0) is 21.3. The molecule has 0 radical (unpaired) electrons. The Morgan fingerprint density at radius 2 is 1.19 bits per heavy atom. The van der Waals surface area contributed by atoms with Crippen molar-refractivity contribution in [3.63, 3.8) is 0 Å². The van der Waals surface area contributed by atoms with Gasteiger partial charge < -0.3 is 9.63 Å². The summed E-state index contributed by atoms with van der Waals surface area (Å²) in [6, 6.07) is 34.9. The number of aliphatic hydroxyl groups is 1. The van der Waals surface area contributed by atoms with Crippen LogP contribution in [0.25, 0.3) is 11.0 Å². The monoisotopic (exact) mass is 407 g/mol. The Morgan fingerprint density at radius 3 is 1.65 bits per heavy atom. The van der Waals surface area contributed by atoms with Crippen molar-refractivity contribution < 1.29 is 9.63 Å².